The molecule has 7 atom stereocenters. The zero-order valence-corrected chi connectivity index (χ0v) is 17.3. The van der Waals surface area contributed by atoms with E-state index in [0.717, 1.165) is 38.6 Å². The average molecular weight is 374 g/mol. The monoisotopic (exact) mass is 373 g/mol. The first-order valence-electron chi connectivity index (χ1n) is 10.9. The van der Waals surface area contributed by atoms with Gasteiger partial charge in [-0.1, -0.05) is 33.8 Å². The highest BCUT2D eigenvalue weighted by molar-refractivity contribution is 5.83. The minimum atomic E-state index is -0.181. The zero-order valence-electron chi connectivity index (χ0n) is 17.3. The number of hydrogen-bond donors (Lipinski definition) is 1. The van der Waals surface area contributed by atoms with Crippen LogP contribution in [-0.2, 0) is 14.3 Å². The van der Waals surface area contributed by atoms with Crippen LogP contribution < -0.4 is 5.32 Å². The van der Waals surface area contributed by atoms with Crippen molar-refractivity contribution in [1.29, 1.82) is 0 Å². The normalized spacial score (nSPS) is 45.7. The Morgan fingerprint density at radius 2 is 1.96 bits per heavy atom. The van der Waals surface area contributed by atoms with Gasteiger partial charge in [0, 0.05) is 24.0 Å². The molecule has 1 heterocycles. The van der Waals surface area contributed by atoms with E-state index in [1.165, 1.54) is 6.42 Å². The average Bonchev–Trinajstić information content (AvgIpc) is 2.97. The number of esters is 1. The van der Waals surface area contributed by atoms with E-state index >= 15 is 0 Å². The van der Waals surface area contributed by atoms with E-state index in [1.54, 1.807) is 6.08 Å². The Morgan fingerprint density at radius 1 is 1.19 bits per heavy atom. The van der Waals surface area contributed by atoms with Gasteiger partial charge in [-0.05, 0) is 67.6 Å². The van der Waals surface area contributed by atoms with E-state index in [4.69, 9.17) is 4.74 Å². The van der Waals surface area contributed by atoms with Gasteiger partial charge in [0.1, 0.15) is 6.10 Å². The summed E-state index contributed by atoms with van der Waals surface area (Å²) in [4.78, 5) is 24.6. The summed E-state index contributed by atoms with van der Waals surface area (Å²) in [6, 6.07) is 0. The fourth-order valence-electron chi connectivity index (χ4n) is 7.06. The van der Waals surface area contributed by atoms with Crippen LogP contribution in [0.1, 0.15) is 66.2 Å². The van der Waals surface area contributed by atoms with Crippen molar-refractivity contribution in [2.24, 2.45) is 40.4 Å². The molecular formula is C23H35NO3. The Hall–Kier alpha value is -1.32. The summed E-state index contributed by atoms with van der Waals surface area (Å²) in [6.45, 7) is 9.74. The second kappa shape index (κ2) is 6.63. The summed E-state index contributed by atoms with van der Waals surface area (Å²) in [5, 5.41) is 3.20. The first-order chi connectivity index (χ1) is 12.8. The molecule has 27 heavy (non-hydrogen) atoms. The van der Waals surface area contributed by atoms with Gasteiger partial charge in [0.15, 0.2) is 0 Å². The summed E-state index contributed by atoms with van der Waals surface area (Å²) in [7, 11) is 0. The molecule has 4 rings (SSSR count). The SMILES string of the molecule is CC(C)CNC(=O)[C@H]1CC[C@H]2[C@@H]3CC[C@H]4OC(=O)C=C[C@]4(C)[C@H]3CC[C@]12C. The third-order valence-electron chi connectivity index (χ3n) is 8.53. The molecule has 4 aliphatic rings. The first-order valence-corrected chi connectivity index (χ1v) is 10.9. The van der Waals surface area contributed by atoms with Gasteiger partial charge < -0.3 is 10.1 Å². The standard InChI is InChI=1S/C23H35NO3/c1-14(2)13-24-21(26)18-7-6-16-15-5-8-19-23(4,12-10-20(25)27-19)17(15)9-11-22(16,18)3/h10,12,14-19H,5-9,11,13H2,1-4H3,(H,24,26)/t15-,16-,17-,18+,19+,22-,23+/m0/s1. The maximum Gasteiger partial charge on any atom is 0.330 e. The summed E-state index contributed by atoms with van der Waals surface area (Å²) in [6.07, 6.45) is 10.4. The second-order valence-electron chi connectivity index (χ2n) is 10.4. The fraction of sp³-hybridized carbons (Fsp3) is 0.826. The summed E-state index contributed by atoms with van der Waals surface area (Å²) in [5.41, 5.74) is 0.0939. The molecule has 1 aliphatic heterocycles. The van der Waals surface area contributed by atoms with Crippen molar-refractivity contribution in [3.05, 3.63) is 12.2 Å². The summed E-state index contributed by atoms with van der Waals surface area (Å²) < 4.78 is 5.70. The van der Waals surface area contributed by atoms with Gasteiger partial charge in [-0.25, -0.2) is 4.79 Å². The molecule has 3 fully saturated rings. The van der Waals surface area contributed by atoms with Crippen LogP contribution in [0, 0.1) is 40.4 Å². The van der Waals surface area contributed by atoms with E-state index in [-0.39, 0.29) is 34.7 Å². The molecule has 3 aliphatic carbocycles. The minimum absolute atomic E-state index is 0.0316. The smallest absolute Gasteiger partial charge is 0.330 e. The molecule has 0 unspecified atom stereocenters. The molecule has 0 radical (unpaired) electrons. The number of carbonyl (C=O) groups is 2. The van der Waals surface area contributed by atoms with E-state index in [2.05, 4.69) is 39.1 Å². The van der Waals surface area contributed by atoms with Crippen molar-refractivity contribution >= 4 is 11.9 Å². The van der Waals surface area contributed by atoms with Crippen molar-refractivity contribution in [3.8, 4) is 0 Å². The molecule has 1 N–H and O–H groups in total. The molecule has 3 saturated carbocycles. The molecule has 0 spiro atoms. The third kappa shape index (κ3) is 2.94. The molecule has 4 nitrogen and oxygen atoms in total. The highest BCUT2D eigenvalue weighted by atomic mass is 16.5. The van der Waals surface area contributed by atoms with Crippen LogP contribution in [0.5, 0.6) is 0 Å². The number of hydrogen-bond acceptors (Lipinski definition) is 3. The number of nitrogens with one attached hydrogen (secondary N) is 1. The van der Waals surface area contributed by atoms with Gasteiger partial charge in [0.05, 0.1) is 0 Å². The Bertz CT molecular complexity index is 656. The van der Waals surface area contributed by atoms with Crippen LogP contribution in [0.15, 0.2) is 12.2 Å². The second-order valence-corrected chi connectivity index (χ2v) is 10.4. The molecule has 4 heteroatoms. The highest BCUT2D eigenvalue weighted by Gasteiger charge is 2.61. The Labute approximate surface area is 163 Å². The van der Waals surface area contributed by atoms with E-state index in [1.807, 2.05) is 0 Å². The van der Waals surface area contributed by atoms with Crippen molar-refractivity contribution < 1.29 is 14.3 Å². The topological polar surface area (TPSA) is 55.4 Å². The number of rotatable bonds is 3. The minimum Gasteiger partial charge on any atom is -0.458 e. The van der Waals surface area contributed by atoms with Gasteiger partial charge in [0.25, 0.3) is 0 Å². The quantitative estimate of drug-likeness (QED) is 0.758. The summed E-state index contributed by atoms with van der Waals surface area (Å²) >= 11 is 0. The number of ether oxygens (including phenoxy) is 1. The number of amides is 1. The van der Waals surface area contributed by atoms with Crippen molar-refractivity contribution in [1.82, 2.24) is 5.32 Å². The fourth-order valence-corrected chi connectivity index (χ4v) is 7.06. The largest absolute Gasteiger partial charge is 0.458 e. The van der Waals surface area contributed by atoms with Gasteiger partial charge in [-0.3, -0.25) is 4.79 Å². The van der Waals surface area contributed by atoms with Gasteiger partial charge in [-0.15, -0.1) is 0 Å². The van der Waals surface area contributed by atoms with Crippen LogP contribution in [-0.4, -0.2) is 24.5 Å². The molecule has 0 aromatic heterocycles. The predicted octanol–water partition coefficient (Wildman–Crippen LogP) is 4.10. The molecule has 150 valence electrons. The van der Waals surface area contributed by atoms with E-state index < -0.39 is 0 Å². The van der Waals surface area contributed by atoms with Crippen LogP contribution in [0.3, 0.4) is 0 Å². The number of fused-ring (bicyclic) bond motifs is 5. The Balaban J connectivity index is 1.54. The molecule has 0 bridgehead atoms. The lowest BCUT2D eigenvalue weighted by Gasteiger charge is -2.58. The van der Waals surface area contributed by atoms with Crippen LogP contribution in [0.4, 0.5) is 0 Å². The van der Waals surface area contributed by atoms with E-state index in [0.29, 0.717) is 23.7 Å². The first kappa shape index (κ1) is 19.0. The molecule has 0 saturated heterocycles. The molecule has 0 aromatic rings. The Kier molecular flexibility index (Phi) is 4.67. The van der Waals surface area contributed by atoms with Crippen LogP contribution >= 0.6 is 0 Å². The molecule has 1 amide bonds. The molecular weight excluding hydrogens is 338 g/mol. The summed E-state index contributed by atoms with van der Waals surface area (Å²) in [5.74, 6) is 2.58. The van der Waals surface area contributed by atoms with Crippen molar-refractivity contribution in [3.63, 3.8) is 0 Å². The lowest BCUT2D eigenvalue weighted by Crippen LogP contribution is -2.55. The highest BCUT2D eigenvalue weighted by Crippen LogP contribution is 2.65. The van der Waals surface area contributed by atoms with Crippen molar-refractivity contribution in [2.45, 2.75) is 72.3 Å². The predicted molar refractivity (Wildman–Crippen MR) is 105 cm³/mol. The van der Waals surface area contributed by atoms with Gasteiger partial charge >= 0.3 is 5.97 Å². The van der Waals surface area contributed by atoms with Gasteiger partial charge in [0.2, 0.25) is 5.91 Å². The third-order valence-corrected chi connectivity index (χ3v) is 8.53. The van der Waals surface area contributed by atoms with Crippen LogP contribution in [0.25, 0.3) is 0 Å². The Morgan fingerprint density at radius 3 is 2.70 bits per heavy atom. The maximum atomic E-state index is 12.9. The van der Waals surface area contributed by atoms with Crippen molar-refractivity contribution in [2.75, 3.05) is 6.54 Å². The lowest BCUT2D eigenvalue weighted by atomic mass is 9.48. The number of carbonyl (C=O) groups excluding carboxylic acids is 2. The van der Waals surface area contributed by atoms with E-state index in [9.17, 15) is 9.59 Å². The zero-order chi connectivity index (χ0) is 19.4. The maximum absolute atomic E-state index is 12.9. The van der Waals surface area contributed by atoms with Crippen LogP contribution in [0.2, 0.25) is 0 Å². The van der Waals surface area contributed by atoms with Gasteiger partial charge in [-0.2, -0.15) is 0 Å². The molecule has 0 aromatic carbocycles. The lowest BCUT2D eigenvalue weighted by molar-refractivity contribution is -0.168.